The van der Waals surface area contributed by atoms with Crippen molar-refractivity contribution < 1.29 is 8.42 Å². The maximum atomic E-state index is 13.0. The van der Waals surface area contributed by atoms with E-state index >= 15 is 0 Å². The highest BCUT2D eigenvalue weighted by molar-refractivity contribution is 7.89. The molecule has 4 rings (SSSR count). The Kier molecular flexibility index (Phi) is 4.51. The molecule has 0 saturated carbocycles. The van der Waals surface area contributed by atoms with Crippen LogP contribution in [0.15, 0.2) is 65.7 Å². The van der Waals surface area contributed by atoms with Crippen LogP contribution in [0.5, 0.6) is 0 Å². The molecule has 0 N–H and O–H groups in total. The normalized spacial score (nSPS) is 18.9. The van der Waals surface area contributed by atoms with Crippen LogP contribution in [0.3, 0.4) is 0 Å². The number of benzene rings is 2. The van der Waals surface area contributed by atoms with Gasteiger partial charge in [0.05, 0.1) is 4.90 Å². The zero-order valence-electron chi connectivity index (χ0n) is 14.8. The van der Waals surface area contributed by atoms with Crippen LogP contribution in [-0.4, -0.2) is 30.8 Å². The molecule has 4 nitrogen and oxygen atoms in total. The first-order valence-corrected chi connectivity index (χ1v) is 10.4. The molecule has 26 heavy (non-hydrogen) atoms. The summed E-state index contributed by atoms with van der Waals surface area (Å²) in [5.74, 6) is 0.133. The Balaban J connectivity index is 1.61. The number of pyridine rings is 1. The first kappa shape index (κ1) is 17.2. The predicted molar refractivity (Wildman–Crippen MR) is 104 cm³/mol. The van der Waals surface area contributed by atoms with E-state index < -0.39 is 10.0 Å². The molecule has 2 aromatic carbocycles. The summed E-state index contributed by atoms with van der Waals surface area (Å²) in [6.07, 6.45) is 3.70. The molecule has 1 aliphatic heterocycles. The van der Waals surface area contributed by atoms with Gasteiger partial charge in [0.2, 0.25) is 10.0 Å². The summed E-state index contributed by atoms with van der Waals surface area (Å²) in [7, 11) is -3.46. The van der Waals surface area contributed by atoms with Gasteiger partial charge in [0.1, 0.15) is 0 Å². The number of nitrogens with zero attached hydrogens (tertiary/aromatic N) is 2. The Labute approximate surface area is 154 Å². The number of hydrogen-bond acceptors (Lipinski definition) is 3. The van der Waals surface area contributed by atoms with Crippen molar-refractivity contribution in [3.8, 4) is 0 Å². The van der Waals surface area contributed by atoms with Crippen LogP contribution in [0.1, 0.15) is 30.0 Å². The average Bonchev–Trinajstić information content (AvgIpc) is 2.68. The van der Waals surface area contributed by atoms with Crippen molar-refractivity contribution in [2.75, 3.05) is 13.1 Å². The zero-order chi connectivity index (χ0) is 18.1. The molecule has 0 aliphatic carbocycles. The molecular weight excluding hydrogens is 344 g/mol. The first-order valence-electron chi connectivity index (χ1n) is 8.95. The lowest BCUT2D eigenvalue weighted by molar-refractivity contribution is 0.313. The minimum Gasteiger partial charge on any atom is -0.260 e. The van der Waals surface area contributed by atoms with Crippen molar-refractivity contribution in [2.45, 2.75) is 30.6 Å². The quantitative estimate of drug-likeness (QED) is 0.701. The van der Waals surface area contributed by atoms with Gasteiger partial charge in [-0.1, -0.05) is 42.0 Å². The third-order valence-corrected chi connectivity index (χ3v) is 6.99. The summed E-state index contributed by atoms with van der Waals surface area (Å²) in [4.78, 5) is 4.98. The molecule has 0 radical (unpaired) electrons. The summed E-state index contributed by atoms with van der Waals surface area (Å²) in [6.45, 7) is 3.01. The second-order valence-corrected chi connectivity index (χ2v) is 8.91. The fourth-order valence-electron chi connectivity index (χ4n) is 3.59. The average molecular weight is 366 g/mol. The van der Waals surface area contributed by atoms with Crippen molar-refractivity contribution in [2.24, 2.45) is 0 Å². The van der Waals surface area contributed by atoms with E-state index in [1.54, 1.807) is 16.4 Å². The van der Waals surface area contributed by atoms with Gasteiger partial charge >= 0.3 is 0 Å². The van der Waals surface area contributed by atoms with Gasteiger partial charge in [-0.3, -0.25) is 4.98 Å². The van der Waals surface area contributed by atoms with Gasteiger partial charge in [0.25, 0.3) is 0 Å². The van der Waals surface area contributed by atoms with E-state index in [1.165, 1.54) is 0 Å². The van der Waals surface area contributed by atoms with Crippen molar-refractivity contribution in [3.63, 3.8) is 0 Å². The lowest BCUT2D eigenvalue weighted by atomic mass is 9.94. The van der Waals surface area contributed by atoms with Gasteiger partial charge in [0, 0.05) is 36.3 Å². The summed E-state index contributed by atoms with van der Waals surface area (Å²) < 4.78 is 27.6. The SMILES string of the molecule is Cc1ccc(S(=O)(=O)N2CCC[C@@H](c3cc4ccccc4cn3)C2)cc1. The third-order valence-electron chi connectivity index (χ3n) is 5.11. The van der Waals surface area contributed by atoms with E-state index in [9.17, 15) is 8.42 Å². The maximum Gasteiger partial charge on any atom is 0.243 e. The van der Waals surface area contributed by atoms with Crippen molar-refractivity contribution in [1.82, 2.24) is 9.29 Å². The molecule has 1 fully saturated rings. The van der Waals surface area contributed by atoms with Gasteiger partial charge < -0.3 is 0 Å². The van der Waals surface area contributed by atoms with Crippen molar-refractivity contribution in [1.29, 1.82) is 0 Å². The Morgan fingerprint density at radius 1 is 1.04 bits per heavy atom. The van der Waals surface area contributed by atoms with E-state index in [4.69, 9.17) is 0 Å². The molecule has 0 unspecified atom stereocenters. The second-order valence-electron chi connectivity index (χ2n) is 6.97. The molecule has 0 spiro atoms. The fourth-order valence-corrected chi connectivity index (χ4v) is 5.11. The van der Waals surface area contributed by atoms with E-state index in [2.05, 4.69) is 17.1 Å². The van der Waals surface area contributed by atoms with Crippen LogP contribution in [-0.2, 0) is 10.0 Å². The highest BCUT2D eigenvalue weighted by atomic mass is 32.2. The number of fused-ring (bicyclic) bond motifs is 1. The molecule has 1 aromatic heterocycles. The number of rotatable bonds is 3. The summed E-state index contributed by atoms with van der Waals surface area (Å²) in [6, 6.07) is 17.3. The highest BCUT2D eigenvalue weighted by Gasteiger charge is 2.31. The molecule has 1 saturated heterocycles. The summed E-state index contributed by atoms with van der Waals surface area (Å²) in [5.41, 5.74) is 2.04. The third kappa shape index (κ3) is 3.24. The van der Waals surface area contributed by atoms with Gasteiger partial charge in [-0.2, -0.15) is 4.31 Å². The molecule has 2 heterocycles. The topological polar surface area (TPSA) is 50.3 Å². The monoisotopic (exact) mass is 366 g/mol. The van der Waals surface area contributed by atoms with Crippen molar-refractivity contribution >= 4 is 20.8 Å². The van der Waals surface area contributed by atoms with Crippen LogP contribution < -0.4 is 0 Å². The molecule has 5 heteroatoms. The van der Waals surface area contributed by atoms with Crippen LogP contribution in [0.2, 0.25) is 0 Å². The van der Waals surface area contributed by atoms with Crippen molar-refractivity contribution in [3.05, 3.63) is 72.1 Å². The predicted octanol–water partition coefficient (Wildman–Crippen LogP) is 4.11. The first-order chi connectivity index (χ1) is 12.5. The lowest BCUT2D eigenvalue weighted by Crippen LogP contribution is -2.39. The van der Waals surface area contributed by atoms with Crippen LogP contribution in [0.4, 0.5) is 0 Å². The number of aryl methyl sites for hydroxylation is 1. The zero-order valence-corrected chi connectivity index (χ0v) is 15.6. The molecule has 134 valence electrons. The van der Waals surface area contributed by atoms with E-state index in [0.717, 1.165) is 34.9 Å². The standard InChI is InChI=1S/C21H22N2O2S/c1-16-8-10-20(11-9-16)26(24,25)23-12-4-7-19(15-23)21-13-17-5-2-3-6-18(17)14-22-21/h2-3,5-6,8-11,13-14,19H,4,7,12,15H2,1H3/t19-/m1/s1. The molecule has 1 atom stereocenters. The largest absolute Gasteiger partial charge is 0.260 e. The molecule has 0 amide bonds. The maximum absolute atomic E-state index is 13.0. The number of sulfonamides is 1. The Hall–Kier alpha value is -2.24. The number of aromatic nitrogens is 1. The van der Waals surface area contributed by atoms with Gasteiger partial charge in [-0.05, 0) is 43.4 Å². The van der Waals surface area contributed by atoms with Gasteiger partial charge in [-0.25, -0.2) is 8.42 Å². The minimum absolute atomic E-state index is 0.133. The molecule has 0 bridgehead atoms. The van der Waals surface area contributed by atoms with Gasteiger partial charge in [0.15, 0.2) is 0 Å². The second kappa shape index (κ2) is 6.82. The van der Waals surface area contributed by atoms with Gasteiger partial charge in [-0.15, -0.1) is 0 Å². The molecule has 3 aromatic rings. The Morgan fingerprint density at radius 2 is 1.77 bits per heavy atom. The minimum atomic E-state index is -3.46. The summed E-state index contributed by atoms with van der Waals surface area (Å²) in [5, 5.41) is 2.26. The van der Waals surface area contributed by atoms with E-state index in [-0.39, 0.29) is 5.92 Å². The smallest absolute Gasteiger partial charge is 0.243 e. The lowest BCUT2D eigenvalue weighted by Gasteiger charge is -2.31. The number of hydrogen-bond donors (Lipinski definition) is 0. The summed E-state index contributed by atoms with van der Waals surface area (Å²) >= 11 is 0. The number of piperidine rings is 1. The molecule has 1 aliphatic rings. The van der Waals surface area contributed by atoms with E-state index in [1.807, 2.05) is 43.5 Å². The Morgan fingerprint density at radius 3 is 2.54 bits per heavy atom. The van der Waals surface area contributed by atoms with Crippen LogP contribution in [0.25, 0.3) is 10.8 Å². The molecular formula is C21H22N2O2S. The fraction of sp³-hybridized carbons (Fsp3) is 0.286. The van der Waals surface area contributed by atoms with Crippen LogP contribution in [0, 0.1) is 6.92 Å². The highest BCUT2D eigenvalue weighted by Crippen LogP contribution is 2.30. The van der Waals surface area contributed by atoms with Crippen LogP contribution >= 0.6 is 0 Å². The Bertz CT molecular complexity index is 1030. The van der Waals surface area contributed by atoms with E-state index in [0.29, 0.717) is 18.0 Å².